The summed E-state index contributed by atoms with van der Waals surface area (Å²) in [6.07, 6.45) is 6.68. The fraction of sp³-hybridized carbons (Fsp3) is 0.462. The predicted molar refractivity (Wildman–Crippen MR) is 269 cm³/mol. The molecule has 9 nitrogen and oxygen atoms in total. The molecular weight excluding hydrogens is 826 g/mol. The molecule has 0 spiro atoms. The average Bonchev–Trinajstić information content (AvgIpc) is 3.75. The first-order chi connectivity index (χ1) is 29.7. The van der Waals surface area contributed by atoms with E-state index < -0.39 is 15.9 Å². The zero-order chi connectivity index (χ0) is 46.4. The van der Waals surface area contributed by atoms with Crippen molar-refractivity contribution in [3.05, 3.63) is 117 Å². The van der Waals surface area contributed by atoms with Gasteiger partial charge in [-0.1, -0.05) is 112 Å². The topological polar surface area (TPSA) is 108 Å². The fourth-order valence-electron chi connectivity index (χ4n) is 7.88. The molecule has 0 unspecified atom stereocenters. The lowest BCUT2D eigenvalue weighted by Gasteiger charge is -2.39. The molecule has 3 heterocycles. The van der Waals surface area contributed by atoms with Crippen LogP contribution >= 0.6 is 11.6 Å². The molecule has 2 aliphatic rings. The average molecular weight is 903 g/mol. The van der Waals surface area contributed by atoms with Gasteiger partial charge in [-0.3, -0.25) is 9.69 Å². The largest absolute Gasteiger partial charge is 0.455 e. The van der Waals surface area contributed by atoms with Gasteiger partial charge in [0, 0.05) is 61.1 Å². The minimum Gasteiger partial charge on any atom is -0.455 e. The highest BCUT2D eigenvalue weighted by Crippen LogP contribution is 2.43. The molecule has 3 aromatic carbocycles. The quantitative estimate of drug-likeness (QED) is 0.152. The van der Waals surface area contributed by atoms with Crippen LogP contribution in [0.4, 0.5) is 5.69 Å². The molecule has 0 radical (unpaired) electrons. The van der Waals surface area contributed by atoms with E-state index in [4.69, 9.17) is 16.3 Å². The number of nitrogens with zero attached hydrogens (tertiary/aromatic N) is 3. The van der Waals surface area contributed by atoms with Crippen molar-refractivity contribution in [3.8, 4) is 11.5 Å². The van der Waals surface area contributed by atoms with Gasteiger partial charge in [0.25, 0.3) is 15.9 Å². The maximum atomic E-state index is 13.9. The van der Waals surface area contributed by atoms with E-state index in [0.29, 0.717) is 22.5 Å². The number of benzene rings is 3. The highest BCUT2D eigenvalue weighted by atomic mass is 35.5. The number of ether oxygens (including phenoxy) is 1. The van der Waals surface area contributed by atoms with Gasteiger partial charge in [-0.15, -0.1) is 0 Å². The normalized spacial score (nSPS) is 14.6. The lowest BCUT2D eigenvalue weighted by molar-refractivity contribution is 0.0979. The van der Waals surface area contributed by atoms with Crippen LogP contribution in [0.3, 0.4) is 0 Å². The van der Waals surface area contributed by atoms with Gasteiger partial charge in [-0.2, -0.15) is 0 Å². The minimum atomic E-state index is -4.20. The number of anilines is 1. The number of sulfonamides is 1. The molecule has 1 fully saturated rings. The number of allylic oxidation sites excluding steroid dienone is 1. The van der Waals surface area contributed by atoms with Crippen molar-refractivity contribution in [2.24, 2.45) is 5.41 Å². The van der Waals surface area contributed by atoms with E-state index in [-0.39, 0.29) is 29.1 Å². The Kier molecular flexibility index (Phi) is 21.6. The van der Waals surface area contributed by atoms with E-state index in [2.05, 4.69) is 50.5 Å². The number of rotatable bonds is 9. The van der Waals surface area contributed by atoms with Crippen molar-refractivity contribution in [2.45, 2.75) is 129 Å². The van der Waals surface area contributed by atoms with Gasteiger partial charge in [0.1, 0.15) is 17.1 Å². The number of aromatic amines is 1. The number of halogens is 1. The second-order valence-corrected chi connectivity index (χ2v) is 17.6. The number of carbonyl (C=O) groups is 1. The molecule has 2 aromatic heterocycles. The Hall–Kier alpha value is -4.64. The van der Waals surface area contributed by atoms with Crippen molar-refractivity contribution in [1.29, 1.82) is 0 Å². The summed E-state index contributed by atoms with van der Waals surface area (Å²) in [7, 11) is -4.20. The Bertz CT molecular complexity index is 2380. The van der Waals surface area contributed by atoms with Crippen LogP contribution < -0.4 is 14.4 Å². The Morgan fingerprint density at radius 1 is 0.841 bits per heavy atom. The van der Waals surface area contributed by atoms with Gasteiger partial charge < -0.3 is 14.6 Å². The van der Waals surface area contributed by atoms with Crippen LogP contribution in [-0.4, -0.2) is 61.9 Å². The van der Waals surface area contributed by atoms with Crippen molar-refractivity contribution in [3.63, 3.8) is 0 Å². The van der Waals surface area contributed by atoms with Gasteiger partial charge in [0.2, 0.25) is 0 Å². The maximum absolute atomic E-state index is 13.9. The van der Waals surface area contributed by atoms with E-state index >= 15 is 0 Å². The predicted octanol–water partition coefficient (Wildman–Crippen LogP) is 13.9. The molecule has 0 bridgehead atoms. The molecule has 0 saturated carbocycles. The summed E-state index contributed by atoms with van der Waals surface area (Å²) >= 11 is 6.24. The molecule has 11 heteroatoms. The van der Waals surface area contributed by atoms with E-state index in [1.807, 2.05) is 112 Å². The standard InChI is InChI=1S/C43H48ClN5O4S.4C2H6.CH4/c1-27-21-28(2)40(30(4)29(27)3)54(51,52)47-42(50)37-12-11-35(23-39(37)53-36-22-32-14-16-45-41(32)46-25-36)49-19-17-48(18-20-49)26-33-13-15-43(5,6)24-38(33)31-7-9-34(44)10-8-31;4*1-2;/h7-12,14,16,21-23,25H,13,15,17-20,24,26H2,1-6H3,(H,45,46)(H,47,50);4*1-2H3;1H4. The number of aromatic nitrogens is 2. The molecule has 1 aliphatic heterocycles. The second-order valence-electron chi connectivity index (χ2n) is 15.6. The number of nitrogens with one attached hydrogen (secondary N) is 2. The molecular formula is C52H76ClN5O4S. The molecule has 5 aromatic rings. The molecule has 0 atom stereocenters. The summed E-state index contributed by atoms with van der Waals surface area (Å²) in [4.78, 5) is 26.3. The highest BCUT2D eigenvalue weighted by Gasteiger charge is 2.30. The molecule has 346 valence electrons. The minimum absolute atomic E-state index is 0. The summed E-state index contributed by atoms with van der Waals surface area (Å²) in [5.41, 5.74) is 9.24. The van der Waals surface area contributed by atoms with Crippen LogP contribution in [0.1, 0.15) is 134 Å². The Morgan fingerprint density at radius 3 is 2.11 bits per heavy atom. The van der Waals surface area contributed by atoms with Crippen LogP contribution in [0.2, 0.25) is 5.02 Å². The van der Waals surface area contributed by atoms with Crippen LogP contribution in [0.25, 0.3) is 16.6 Å². The van der Waals surface area contributed by atoms with Crippen LogP contribution in [0.15, 0.2) is 83.5 Å². The fourth-order valence-corrected chi connectivity index (χ4v) is 9.50. The first-order valence-electron chi connectivity index (χ1n) is 22.5. The third-order valence-corrected chi connectivity index (χ3v) is 13.0. The number of hydrogen-bond donors (Lipinski definition) is 2. The zero-order valence-electron chi connectivity index (χ0n) is 39.8. The van der Waals surface area contributed by atoms with E-state index in [1.165, 1.54) is 23.1 Å². The summed E-state index contributed by atoms with van der Waals surface area (Å²) in [5.74, 6) is -0.0906. The van der Waals surface area contributed by atoms with Crippen molar-refractivity contribution < 1.29 is 17.9 Å². The number of amides is 1. The van der Waals surface area contributed by atoms with Gasteiger partial charge in [-0.25, -0.2) is 18.1 Å². The zero-order valence-corrected chi connectivity index (χ0v) is 41.4. The summed E-state index contributed by atoms with van der Waals surface area (Å²) < 4.78 is 36.2. The Morgan fingerprint density at radius 2 is 1.48 bits per heavy atom. The molecule has 1 amide bonds. The first-order valence-corrected chi connectivity index (χ1v) is 24.4. The molecule has 63 heavy (non-hydrogen) atoms. The van der Waals surface area contributed by atoms with E-state index in [1.54, 1.807) is 32.3 Å². The van der Waals surface area contributed by atoms with Crippen molar-refractivity contribution in [1.82, 2.24) is 19.6 Å². The third kappa shape index (κ3) is 13.7. The first kappa shape index (κ1) is 54.5. The SMILES string of the molecule is C.CC.CC.CC.CC.Cc1cc(C)c(S(=O)(=O)NC(=O)c2ccc(N3CCN(CC4=C(c5ccc(Cl)cc5)CC(C)(C)CC4)CC3)cc2Oc2cnc3[nH]ccc3c2)c(C)c1C. The molecule has 2 N–H and O–H groups in total. The van der Waals surface area contributed by atoms with Crippen LogP contribution in [0, 0.1) is 33.1 Å². The number of piperazine rings is 1. The smallest absolute Gasteiger partial charge is 0.268 e. The Balaban J connectivity index is 0.00000144. The number of fused-ring (bicyclic) bond motifs is 1. The van der Waals surface area contributed by atoms with Gasteiger partial charge in [0.05, 0.1) is 16.7 Å². The van der Waals surface area contributed by atoms with E-state index in [0.717, 1.165) is 72.8 Å². The van der Waals surface area contributed by atoms with Crippen LogP contribution in [-0.2, 0) is 10.0 Å². The molecule has 1 saturated heterocycles. The van der Waals surface area contributed by atoms with Gasteiger partial charge in [-0.05, 0) is 122 Å². The summed E-state index contributed by atoms with van der Waals surface area (Å²) in [6, 6.07) is 19.2. The van der Waals surface area contributed by atoms with E-state index in [9.17, 15) is 13.2 Å². The van der Waals surface area contributed by atoms with Gasteiger partial charge >= 0.3 is 0 Å². The molecule has 1 aliphatic carbocycles. The molecule has 7 rings (SSSR count). The maximum Gasteiger partial charge on any atom is 0.268 e. The number of aryl methyl sites for hydroxylation is 2. The lowest BCUT2D eigenvalue weighted by Crippen LogP contribution is -2.47. The number of pyridine rings is 1. The third-order valence-electron chi connectivity index (χ3n) is 11.1. The second kappa shape index (κ2) is 25.0. The summed E-state index contributed by atoms with van der Waals surface area (Å²) in [5, 5.41) is 1.60. The monoisotopic (exact) mass is 902 g/mol. The van der Waals surface area contributed by atoms with Gasteiger partial charge in [0.15, 0.2) is 0 Å². The highest BCUT2D eigenvalue weighted by molar-refractivity contribution is 7.90. The van der Waals surface area contributed by atoms with Crippen LogP contribution in [0.5, 0.6) is 11.5 Å². The number of hydrogen-bond acceptors (Lipinski definition) is 7. The number of H-pyrrole nitrogens is 1. The Labute approximate surface area is 385 Å². The van der Waals surface area contributed by atoms with Crippen molar-refractivity contribution in [2.75, 3.05) is 37.6 Å². The lowest BCUT2D eigenvalue weighted by atomic mass is 9.72. The number of carbonyl (C=O) groups excluding carboxylic acids is 1. The van der Waals surface area contributed by atoms with Crippen molar-refractivity contribution >= 4 is 49.8 Å². The summed E-state index contributed by atoms with van der Waals surface area (Å²) in [6.45, 7) is 32.3.